The van der Waals surface area contributed by atoms with Crippen LogP contribution in [-0.4, -0.2) is 25.3 Å². The minimum absolute atomic E-state index is 0.256. The van der Waals surface area contributed by atoms with Gasteiger partial charge < -0.3 is 0 Å². The van der Waals surface area contributed by atoms with Gasteiger partial charge in [0.2, 0.25) is 10.0 Å². The van der Waals surface area contributed by atoms with Crippen LogP contribution in [0.2, 0.25) is 0 Å². The van der Waals surface area contributed by atoms with Crippen LogP contribution in [0.25, 0.3) is 0 Å². The molecule has 17 heavy (non-hydrogen) atoms. The number of sulfonamides is 1. The Balaban J connectivity index is 1.93. The summed E-state index contributed by atoms with van der Waals surface area (Å²) >= 11 is 0. The van der Waals surface area contributed by atoms with Crippen molar-refractivity contribution < 1.29 is 8.42 Å². The molecule has 2 aliphatic rings. The Labute approximate surface area is 102 Å². The van der Waals surface area contributed by atoms with Crippen LogP contribution in [0.5, 0.6) is 0 Å². The highest BCUT2D eigenvalue weighted by atomic mass is 32.2. The molecule has 1 aliphatic carbocycles. The molecule has 2 atom stereocenters. The minimum atomic E-state index is -3.25. The third-order valence-corrected chi connectivity index (χ3v) is 5.92. The average molecular weight is 251 g/mol. The molecule has 4 heteroatoms. The third kappa shape index (κ3) is 1.79. The van der Waals surface area contributed by atoms with Crippen LogP contribution in [0.4, 0.5) is 0 Å². The van der Waals surface area contributed by atoms with Crippen molar-refractivity contribution in [3.05, 3.63) is 29.8 Å². The lowest BCUT2D eigenvalue weighted by Gasteiger charge is -2.26. The zero-order valence-corrected chi connectivity index (χ0v) is 10.8. The van der Waals surface area contributed by atoms with Crippen molar-refractivity contribution in [1.82, 2.24) is 4.31 Å². The Morgan fingerprint density at radius 3 is 2.41 bits per heavy atom. The van der Waals surface area contributed by atoms with Crippen LogP contribution < -0.4 is 0 Å². The number of fused-ring (bicyclic) bond motifs is 2. The lowest BCUT2D eigenvalue weighted by atomic mass is 10.1. The monoisotopic (exact) mass is 251 g/mol. The molecule has 3 rings (SSSR count). The van der Waals surface area contributed by atoms with Gasteiger partial charge in [-0.1, -0.05) is 17.7 Å². The summed E-state index contributed by atoms with van der Waals surface area (Å²) in [6.07, 6.45) is 3.30. The molecule has 1 aromatic carbocycles. The highest BCUT2D eigenvalue weighted by molar-refractivity contribution is 7.89. The van der Waals surface area contributed by atoms with Crippen molar-refractivity contribution in [3.63, 3.8) is 0 Å². The standard InChI is InChI=1S/C13H17NO2S/c1-10-2-6-13(7-3-10)17(15,16)14-9-11-4-5-12(14)8-11/h2-3,6-7,11-12H,4-5,8-9H2,1H3/t11-,12-/m0/s1. The first-order valence-electron chi connectivity index (χ1n) is 6.16. The summed E-state index contributed by atoms with van der Waals surface area (Å²) in [5.41, 5.74) is 1.09. The van der Waals surface area contributed by atoms with Crippen LogP contribution >= 0.6 is 0 Å². The fraction of sp³-hybridized carbons (Fsp3) is 0.538. The molecule has 1 heterocycles. The molecule has 0 aromatic heterocycles. The van der Waals surface area contributed by atoms with E-state index in [0.29, 0.717) is 10.8 Å². The largest absolute Gasteiger partial charge is 0.243 e. The molecule has 1 aromatic rings. The molecule has 92 valence electrons. The molecule has 0 unspecified atom stereocenters. The highest BCUT2D eigenvalue weighted by Gasteiger charge is 2.44. The van der Waals surface area contributed by atoms with Gasteiger partial charge in [0.05, 0.1) is 4.90 Å². The molecule has 1 saturated carbocycles. The molecular formula is C13H17NO2S. The summed E-state index contributed by atoms with van der Waals surface area (Å²) in [5.74, 6) is 0.597. The maximum absolute atomic E-state index is 12.5. The molecular weight excluding hydrogens is 234 g/mol. The Morgan fingerprint density at radius 2 is 1.88 bits per heavy atom. The number of rotatable bonds is 2. The Bertz CT molecular complexity index is 521. The molecule has 1 aliphatic heterocycles. The molecule has 2 fully saturated rings. The SMILES string of the molecule is Cc1ccc(S(=O)(=O)N2C[C@H]3CC[C@H]2C3)cc1. The van der Waals surface area contributed by atoms with Gasteiger partial charge >= 0.3 is 0 Å². The summed E-state index contributed by atoms with van der Waals surface area (Å²) < 4.78 is 26.6. The zero-order chi connectivity index (χ0) is 12.0. The van der Waals surface area contributed by atoms with Gasteiger partial charge in [-0.25, -0.2) is 8.42 Å². The van der Waals surface area contributed by atoms with Gasteiger partial charge in [0.1, 0.15) is 0 Å². The lowest BCUT2D eigenvalue weighted by molar-refractivity contribution is 0.333. The van der Waals surface area contributed by atoms with Gasteiger partial charge in [-0.15, -0.1) is 0 Å². The van der Waals surface area contributed by atoms with E-state index in [1.165, 1.54) is 6.42 Å². The summed E-state index contributed by atoms with van der Waals surface area (Å²) in [5, 5.41) is 0. The average Bonchev–Trinajstić information content (AvgIpc) is 2.91. The first-order chi connectivity index (χ1) is 8.07. The minimum Gasteiger partial charge on any atom is -0.207 e. The van der Waals surface area contributed by atoms with E-state index < -0.39 is 10.0 Å². The maximum atomic E-state index is 12.5. The summed E-state index contributed by atoms with van der Waals surface area (Å²) in [7, 11) is -3.25. The second-order valence-electron chi connectivity index (χ2n) is 5.22. The maximum Gasteiger partial charge on any atom is 0.243 e. The summed E-state index contributed by atoms with van der Waals surface area (Å²) in [4.78, 5) is 0.440. The fourth-order valence-corrected chi connectivity index (χ4v) is 4.76. The third-order valence-electron chi connectivity index (χ3n) is 3.99. The van der Waals surface area contributed by atoms with E-state index >= 15 is 0 Å². The van der Waals surface area contributed by atoms with E-state index in [2.05, 4.69) is 0 Å². The molecule has 0 radical (unpaired) electrons. The number of piperidine rings is 1. The van der Waals surface area contributed by atoms with Crippen molar-refractivity contribution >= 4 is 10.0 Å². The van der Waals surface area contributed by atoms with Crippen LogP contribution in [0.1, 0.15) is 24.8 Å². The van der Waals surface area contributed by atoms with Crippen molar-refractivity contribution in [2.45, 2.75) is 37.1 Å². The first kappa shape index (κ1) is 11.2. The second kappa shape index (κ2) is 3.82. The van der Waals surface area contributed by atoms with Gasteiger partial charge in [0.15, 0.2) is 0 Å². The number of benzene rings is 1. The topological polar surface area (TPSA) is 37.4 Å². The predicted molar refractivity (Wildman–Crippen MR) is 66.2 cm³/mol. The van der Waals surface area contributed by atoms with E-state index in [4.69, 9.17) is 0 Å². The zero-order valence-electron chi connectivity index (χ0n) is 9.96. The summed E-state index contributed by atoms with van der Waals surface area (Å²) in [6, 6.07) is 7.42. The fourth-order valence-electron chi connectivity index (χ4n) is 3.02. The number of hydrogen-bond donors (Lipinski definition) is 0. The van der Waals surface area contributed by atoms with E-state index in [0.717, 1.165) is 24.9 Å². The van der Waals surface area contributed by atoms with Crippen LogP contribution in [-0.2, 0) is 10.0 Å². The van der Waals surface area contributed by atoms with Gasteiger partial charge in [0, 0.05) is 12.6 Å². The highest BCUT2D eigenvalue weighted by Crippen LogP contribution is 2.40. The predicted octanol–water partition coefficient (Wildman–Crippen LogP) is 2.17. The molecule has 3 nitrogen and oxygen atoms in total. The van der Waals surface area contributed by atoms with Crippen LogP contribution in [0, 0.1) is 12.8 Å². The quantitative estimate of drug-likeness (QED) is 0.808. The van der Waals surface area contributed by atoms with Crippen LogP contribution in [0.15, 0.2) is 29.2 Å². The van der Waals surface area contributed by atoms with Crippen molar-refractivity contribution in [2.24, 2.45) is 5.92 Å². The lowest BCUT2D eigenvalue weighted by Crippen LogP contribution is -2.37. The molecule has 0 spiro atoms. The second-order valence-corrected chi connectivity index (χ2v) is 7.11. The summed E-state index contributed by atoms with van der Waals surface area (Å²) in [6.45, 7) is 2.69. The van der Waals surface area contributed by atoms with Gasteiger partial charge in [-0.05, 0) is 44.2 Å². The number of hydrogen-bond acceptors (Lipinski definition) is 2. The van der Waals surface area contributed by atoms with E-state index in [1.807, 2.05) is 19.1 Å². The van der Waals surface area contributed by atoms with Crippen molar-refractivity contribution in [1.29, 1.82) is 0 Å². The van der Waals surface area contributed by atoms with E-state index in [9.17, 15) is 8.42 Å². The van der Waals surface area contributed by atoms with Crippen molar-refractivity contribution in [3.8, 4) is 0 Å². The molecule has 2 bridgehead atoms. The number of nitrogens with zero attached hydrogens (tertiary/aromatic N) is 1. The molecule has 1 saturated heterocycles. The Kier molecular flexibility index (Phi) is 2.52. The Morgan fingerprint density at radius 1 is 1.18 bits per heavy atom. The number of aryl methyl sites for hydroxylation is 1. The van der Waals surface area contributed by atoms with E-state index in [-0.39, 0.29) is 6.04 Å². The Hall–Kier alpha value is -0.870. The smallest absolute Gasteiger partial charge is 0.207 e. The van der Waals surface area contributed by atoms with Crippen molar-refractivity contribution in [2.75, 3.05) is 6.54 Å². The van der Waals surface area contributed by atoms with Crippen LogP contribution in [0.3, 0.4) is 0 Å². The normalized spacial score (nSPS) is 28.8. The van der Waals surface area contributed by atoms with E-state index in [1.54, 1.807) is 16.4 Å². The molecule has 0 amide bonds. The van der Waals surface area contributed by atoms with Gasteiger partial charge in [0.25, 0.3) is 0 Å². The van der Waals surface area contributed by atoms with Gasteiger partial charge in [-0.3, -0.25) is 0 Å². The molecule has 0 N–H and O–H groups in total. The van der Waals surface area contributed by atoms with Gasteiger partial charge in [-0.2, -0.15) is 4.31 Å². The first-order valence-corrected chi connectivity index (χ1v) is 7.60.